The van der Waals surface area contributed by atoms with Crippen LogP contribution in [0.5, 0.6) is 0 Å². The predicted octanol–water partition coefficient (Wildman–Crippen LogP) is 6.22. The lowest BCUT2D eigenvalue weighted by Gasteiger charge is -2.25. The molecule has 0 bridgehead atoms. The van der Waals surface area contributed by atoms with Gasteiger partial charge in [-0.1, -0.05) is 94.0 Å². The molecule has 142 valence electrons. The summed E-state index contributed by atoms with van der Waals surface area (Å²) in [4.78, 5) is 24.7. The van der Waals surface area contributed by atoms with Crippen LogP contribution in [0, 0.1) is 5.92 Å². The van der Waals surface area contributed by atoms with Gasteiger partial charge in [0, 0.05) is 0 Å². The molecule has 0 saturated heterocycles. The lowest BCUT2D eigenvalue weighted by Crippen LogP contribution is -2.38. The van der Waals surface area contributed by atoms with Crippen LogP contribution in [0.25, 0.3) is 0 Å². The number of unbranched alkanes of at least 4 members (excludes halogenated alkanes) is 8. The summed E-state index contributed by atoms with van der Waals surface area (Å²) in [5.74, 6) is -1.05. The highest BCUT2D eigenvalue weighted by atomic mass is 79.9. The summed E-state index contributed by atoms with van der Waals surface area (Å²) in [5, 5.41) is 0. The number of Topliss-reactive ketones (excluding diaryl/α,β-unsaturated/α-hetero) is 1. The fraction of sp³-hybridized carbons (Fsp3) is 0.900. The van der Waals surface area contributed by atoms with E-state index in [9.17, 15) is 9.59 Å². The average Bonchev–Trinajstić information content (AvgIpc) is 2.56. The zero-order valence-electron chi connectivity index (χ0n) is 16.2. The minimum atomic E-state index is -0.631. The lowest BCUT2D eigenvalue weighted by molar-refractivity contribution is -0.150. The molecule has 0 unspecified atom stereocenters. The maximum atomic E-state index is 12.8. The van der Waals surface area contributed by atoms with Crippen molar-refractivity contribution >= 4 is 27.7 Å². The monoisotopic (exact) mass is 404 g/mol. The van der Waals surface area contributed by atoms with Crippen LogP contribution in [0.3, 0.4) is 0 Å². The van der Waals surface area contributed by atoms with E-state index < -0.39 is 16.2 Å². The number of carbonyl (C=O) groups excluding carboxylic acids is 2. The molecule has 24 heavy (non-hydrogen) atoms. The maximum absolute atomic E-state index is 12.8. The second-order valence-electron chi connectivity index (χ2n) is 7.00. The molecule has 0 aromatic heterocycles. The van der Waals surface area contributed by atoms with Crippen molar-refractivity contribution in [3.8, 4) is 0 Å². The third-order valence-electron chi connectivity index (χ3n) is 4.66. The van der Waals surface area contributed by atoms with Crippen molar-refractivity contribution in [1.29, 1.82) is 0 Å². The van der Waals surface area contributed by atoms with Gasteiger partial charge in [0.05, 0.1) is 11.4 Å². The van der Waals surface area contributed by atoms with Crippen molar-refractivity contribution in [2.24, 2.45) is 5.92 Å². The van der Waals surface area contributed by atoms with Gasteiger partial charge in [0.2, 0.25) is 0 Å². The Hall–Kier alpha value is -0.380. The van der Waals surface area contributed by atoms with Crippen molar-refractivity contribution in [1.82, 2.24) is 0 Å². The molecule has 2 atom stereocenters. The van der Waals surface area contributed by atoms with Gasteiger partial charge in [-0.3, -0.25) is 9.59 Å². The lowest BCUT2D eigenvalue weighted by atomic mass is 9.87. The molecule has 0 heterocycles. The molecule has 0 saturated carbocycles. The van der Waals surface area contributed by atoms with Gasteiger partial charge in [-0.2, -0.15) is 0 Å². The van der Waals surface area contributed by atoms with E-state index in [1.54, 1.807) is 0 Å². The molecule has 0 aliphatic carbocycles. The van der Waals surface area contributed by atoms with Crippen LogP contribution in [-0.4, -0.2) is 23.2 Å². The summed E-state index contributed by atoms with van der Waals surface area (Å²) in [6.07, 6.45) is 13.2. The van der Waals surface area contributed by atoms with E-state index in [2.05, 4.69) is 29.8 Å². The van der Waals surface area contributed by atoms with Crippen LogP contribution in [-0.2, 0) is 14.3 Å². The maximum Gasteiger partial charge on any atom is 0.316 e. The van der Waals surface area contributed by atoms with Crippen molar-refractivity contribution in [2.45, 2.75) is 102 Å². The highest BCUT2D eigenvalue weighted by molar-refractivity contribution is 9.10. The molecule has 0 spiro atoms. The Morgan fingerprint density at radius 3 is 1.92 bits per heavy atom. The number of ketones is 1. The minimum Gasteiger partial charge on any atom is -0.468 e. The van der Waals surface area contributed by atoms with E-state index in [-0.39, 0.29) is 5.78 Å². The third kappa shape index (κ3) is 9.80. The van der Waals surface area contributed by atoms with Gasteiger partial charge in [-0.25, -0.2) is 0 Å². The first kappa shape index (κ1) is 23.6. The summed E-state index contributed by atoms with van der Waals surface area (Å²) in [7, 11) is 1.36. The van der Waals surface area contributed by atoms with Gasteiger partial charge in [0.15, 0.2) is 5.78 Å². The van der Waals surface area contributed by atoms with Crippen LogP contribution in [0.2, 0.25) is 0 Å². The quantitative estimate of drug-likeness (QED) is 0.141. The van der Waals surface area contributed by atoms with Crippen LogP contribution in [0.4, 0.5) is 0 Å². The average molecular weight is 405 g/mol. The number of carbonyl (C=O) groups is 2. The minimum absolute atomic E-state index is 0.0225. The zero-order valence-corrected chi connectivity index (χ0v) is 17.8. The fourth-order valence-corrected chi connectivity index (χ4v) is 3.54. The second-order valence-corrected chi connectivity index (χ2v) is 8.75. The van der Waals surface area contributed by atoms with Crippen molar-refractivity contribution in [2.75, 3.05) is 7.11 Å². The van der Waals surface area contributed by atoms with Gasteiger partial charge >= 0.3 is 5.97 Å². The van der Waals surface area contributed by atoms with Crippen LogP contribution < -0.4 is 0 Å². The van der Waals surface area contributed by atoms with Gasteiger partial charge in [-0.15, -0.1) is 0 Å². The second kappa shape index (κ2) is 13.9. The SMILES string of the molecule is CCCCCCCCCC[C@](C)(Br)C(=O)[C@H](CCCC)C(=O)OC. The number of alkyl halides is 1. The molecule has 0 aliphatic heterocycles. The molecule has 0 N–H and O–H groups in total. The highest BCUT2D eigenvalue weighted by Gasteiger charge is 2.38. The Balaban J connectivity index is 4.25. The number of esters is 1. The molecule has 0 radical (unpaired) electrons. The summed E-state index contributed by atoms with van der Waals surface area (Å²) >= 11 is 3.58. The van der Waals surface area contributed by atoms with Crippen LogP contribution >= 0.6 is 15.9 Å². The Bertz CT molecular complexity index is 353. The van der Waals surface area contributed by atoms with Crippen molar-refractivity contribution in [3.63, 3.8) is 0 Å². The first-order chi connectivity index (χ1) is 11.4. The molecule has 4 heteroatoms. The normalized spacial score (nSPS) is 14.9. The fourth-order valence-electron chi connectivity index (χ4n) is 2.98. The number of halogens is 1. The molecule has 0 aliphatic rings. The summed E-state index contributed by atoms with van der Waals surface area (Å²) in [6, 6.07) is 0. The Morgan fingerprint density at radius 1 is 0.917 bits per heavy atom. The summed E-state index contributed by atoms with van der Waals surface area (Å²) in [5.41, 5.74) is 0. The smallest absolute Gasteiger partial charge is 0.316 e. The molecule has 0 rings (SSSR count). The number of methoxy groups -OCH3 is 1. The van der Waals surface area contributed by atoms with Crippen molar-refractivity contribution in [3.05, 3.63) is 0 Å². The first-order valence-corrected chi connectivity index (χ1v) is 10.5. The van der Waals surface area contributed by atoms with Gasteiger partial charge < -0.3 is 4.74 Å². The number of hydrogen-bond donors (Lipinski definition) is 0. The van der Waals surface area contributed by atoms with Gasteiger partial charge in [0.1, 0.15) is 5.92 Å². The first-order valence-electron chi connectivity index (χ1n) is 9.71. The molecular weight excluding hydrogens is 368 g/mol. The van der Waals surface area contributed by atoms with E-state index in [4.69, 9.17) is 4.74 Å². The zero-order chi connectivity index (χ0) is 18.4. The largest absolute Gasteiger partial charge is 0.468 e. The van der Waals surface area contributed by atoms with E-state index in [1.165, 1.54) is 45.6 Å². The summed E-state index contributed by atoms with van der Waals surface area (Å²) < 4.78 is 4.21. The standard InChI is InChI=1S/C20H37BrO3/c1-5-7-9-10-11-12-13-14-16-20(3,21)18(22)17(15-8-6-2)19(23)24-4/h17H,5-16H2,1-4H3/t17-,20-/m0/s1. The number of ether oxygens (including phenoxy) is 1. The molecule has 3 nitrogen and oxygen atoms in total. The Labute approximate surface area is 157 Å². The topological polar surface area (TPSA) is 43.4 Å². The summed E-state index contributed by atoms with van der Waals surface area (Å²) in [6.45, 7) is 6.20. The van der Waals surface area contributed by atoms with E-state index >= 15 is 0 Å². The highest BCUT2D eigenvalue weighted by Crippen LogP contribution is 2.31. The van der Waals surface area contributed by atoms with E-state index in [0.717, 1.165) is 32.1 Å². The third-order valence-corrected chi connectivity index (χ3v) is 5.45. The van der Waals surface area contributed by atoms with E-state index in [0.29, 0.717) is 6.42 Å². The van der Waals surface area contributed by atoms with E-state index in [1.807, 2.05) is 6.92 Å². The van der Waals surface area contributed by atoms with Crippen LogP contribution in [0.1, 0.15) is 97.8 Å². The molecule has 0 aromatic carbocycles. The number of hydrogen-bond acceptors (Lipinski definition) is 3. The van der Waals surface area contributed by atoms with Gasteiger partial charge in [0.25, 0.3) is 0 Å². The van der Waals surface area contributed by atoms with Gasteiger partial charge in [-0.05, 0) is 19.8 Å². The Morgan fingerprint density at radius 2 is 1.42 bits per heavy atom. The van der Waals surface area contributed by atoms with Crippen molar-refractivity contribution < 1.29 is 14.3 Å². The Kier molecular flexibility index (Phi) is 13.6. The number of rotatable bonds is 15. The molecule has 0 amide bonds. The predicted molar refractivity (Wildman–Crippen MR) is 105 cm³/mol. The molecule has 0 fully saturated rings. The van der Waals surface area contributed by atoms with Crippen LogP contribution in [0.15, 0.2) is 0 Å². The molecular formula is C20H37BrO3. The molecule has 0 aromatic rings.